The average molecular weight is 478 g/mol. The third-order valence-corrected chi connectivity index (χ3v) is 6.65. The first-order chi connectivity index (χ1) is 16.9. The molecule has 0 saturated carbocycles. The molecule has 0 aliphatic carbocycles. The molecule has 4 rings (SSSR count). The minimum atomic E-state index is -0.199. The summed E-state index contributed by atoms with van der Waals surface area (Å²) in [4.78, 5) is 26.2. The lowest BCUT2D eigenvalue weighted by Gasteiger charge is -2.39. The van der Waals surface area contributed by atoms with E-state index in [1.54, 1.807) is 19.1 Å². The van der Waals surface area contributed by atoms with Gasteiger partial charge in [0.05, 0.1) is 25.5 Å². The third-order valence-electron chi connectivity index (χ3n) is 6.65. The number of carbonyl (C=O) groups is 1. The Labute approximate surface area is 207 Å². The predicted octanol–water partition coefficient (Wildman–Crippen LogP) is 3.01. The standard InChI is InChI=1S/C27H35N5O3/c1-7-35-24-14-19-20(15-23(24)34-6)25(29-22-12-13-32(5)16-21(19)22)17-8-10-18(11-9-17)26(33)30-27(28-2)31(3)4/h8-11,14-15,21-22H,7,12-13,16H2,1-6H3,(H,28,30,33)/t21-,22-/m0/s1. The second kappa shape index (κ2) is 10.5. The largest absolute Gasteiger partial charge is 0.493 e. The van der Waals surface area contributed by atoms with Crippen LogP contribution >= 0.6 is 0 Å². The molecule has 0 bridgehead atoms. The molecule has 0 unspecified atom stereocenters. The first-order valence-corrected chi connectivity index (χ1v) is 12.0. The maximum atomic E-state index is 12.7. The van der Waals surface area contributed by atoms with Crippen LogP contribution in [0.3, 0.4) is 0 Å². The number of nitrogens with one attached hydrogen (secondary N) is 1. The smallest absolute Gasteiger partial charge is 0.257 e. The number of methoxy groups -OCH3 is 1. The van der Waals surface area contributed by atoms with Gasteiger partial charge in [-0.2, -0.15) is 0 Å². The van der Waals surface area contributed by atoms with Crippen LogP contribution in [0.25, 0.3) is 0 Å². The fourth-order valence-electron chi connectivity index (χ4n) is 4.86. The Balaban J connectivity index is 1.71. The molecule has 1 N–H and O–H groups in total. The number of aliphatic imine (C=N–C) groups is 2. The lowest BCUT2D eigenvalue weighted by atomic mass is 9.79. The maximum Gasteiger partial charge on any atom is 0.257 e. The summed E-state index contributed by atoms with van der Waals surface area (Å²) in [5.74, 6) is 2.08. The molecule has 2 atom stereocenters. The number of likely N-dealkylation sites (tertiary alicyclic amines) is 1. The van der Waals surface area contributed by atoms with Crippen LogP contribution in [0.15, 0.2) is 46.4 Å². The van der Waals surface area contributed by atoms with Crippen molar-refractivity contribution in [2.75, 3.05) is 55.0 Å². The van der Waals surface area contributed by atoms with Gasteiger partial charge in [-0.25, -0.2) is 0 Å². The van der Waals surface area contributed by atoms with Crippen molar-refractivity contribution in [3.63, 3.8) is 0 Å². The molecule has 0 spiro atoms. The molecule has 0 radical (unpaired) electrons. The summed E-state index contributed by atoms with van der Waals surface area (Å²) in [5.41, 5.74) is 4.78. The van der Waals surface area contributed by atoms with Crippen LogP contribution in [0, 0.1) is 0 Å². The summed E-state index contributed by atoms with van der Waals surface area (Å²) < 4.78 is 11.6. The molecule has 2 aliphatic heterocycles. The molecule has 1 saturated heterocycles. The molecule has 8 heteroatoms. The number of hydrogen-bond acceptors (Lipinski definition) is 6. The zero-order valence-corrected chi connectivity index (χ0v) is 21.5. The normalized spacial score (nSPS) is 19.8. The second-order valence-electron chi connectivity index (χ2n) is 9.20. The molecule has 1 amide bonds. The SMILES string of the molecule is CCOc1cc2c(cc1OC)C(c1ccc(C(=O)NC(=NC)N(C)C)cc1)=N[C@H]1CCN(C)C[C@@H]21. The first-order valence-electron chi connectivity index (χ1n) is 12.0. The Bertz CT molecular complexity index is 1140. The van der Waals surface area contributed by atoms with Crippen LogP contribution in [-0.2, 0) is 0 Å². The van der Waals surface area contributed by atoms with Gasteiger partial charge in [0.25, 0.3) is 5.91 Å². The summed E-state index contributed by atoms with van der Waals surface area (Å²) in [6.07, 6.45) is 1.00. The molecule has 2 aliphatic rings. The zero-order valence-electron chi connectivity index (χ0n) is 21.5. The van der Waals surface area contributed by atoms with E-state index in [9.17, 15) is 4.79 Å². The summed E-state index contributed by atoms with van der Waals surface area (Å²) in [6.45, 7) is 4.53. The van der Waals surface area contributed by atoms with Gasteiger partial charge in [0.2, 0.25) is 0 Å². The Morgan fingerprint density at radius 1 is 1.23 bits per heavy atom. The van der Waals surface area contributed by atoms with E-state index in [2.05, 4.69) is 28.3 Å². The van der Waals surface area contributed by atoms with Crippen LogP contribution in [0.2, 0.25) is 0 Å². The fourth-order valence-corrected chi connectivity index (χ4v) is 4.86. The van der Waals surface area contributed by atoms with Gasteiger partial charge in [-0.1, -0.05) is 12.1 Å². The van der Waals surface area contributed by atoms with E-state index in [1.807, 2.05) is 51.4 Å². The molecule has 8 nitrogen and oxygen atoms in total. The fraction of sp³-hybridized carbons (Fsp3) is 0.444. The second-order valence-corrected chi connectivity index (χ2v) is 9.20. The van der Waals surface area contributed by atoms with E-state index >= 15 is 0 Å². The number of piperidine rings is 1. The van der Waals surface area contributed by atoms with Crippen molar-refractivity contribution in [2.24, 2.45) is 9.98 Å². The summed E-state index contributed by atoms with van der Waals surface area (Å²) >= 11 is 0. The van der Waals surface area contributed by atoms with Gasteiger partial charge >= 0.3 is 0 Å². The molecule has 2 aromatic rings. The Morgan fingerprint density at radius 2 is 1.97 bits per heavy atom. The van der Waals surface area contributed by atoms with Crippen molar-refractivity contribution < 1.29 is 14.3 Å². The van der Waals surface area contributed by atoms with Crippen LogP contribution in [0.1, 0.15) is 46.3 Å². The van der Waals surface area contributed by atoms with Gasteiger partial charge in [0.15, 0.2) is 17.5 Å². The Morgan fingerprint density at radius 3 is 2.60 bits per heavy atom. The van der Waals surface area contributed by atoms with Crippen molar-refractivity contribution in [1.29, 1.82) is 0 Å². The minimum Gasteiger partial charge on any atom is -0.493 e. The highest BCUT2D eigenvalue weighted by molar-refractivity contribution is 6.15. The molecule has 0 aromatic heterocycles. The molecule has 1 fully saturated rings. The van der Waals surface area contributed by atoms with Gasteiger partial charge in [0, 0.05) is 50.3 Å². The number of carbonyl (C=O) groups excluding carboxylic acids is 1. The van der Waals surface area contributed by atoms with E-state index in [4.69, 9.17) is 14.5 Å². The first kappa shape index (κ1) is 24.7. The van der Waals surface area contributed by atoms with Gasteiger partial charge in [-0.3, -0.25) is 20.1 Å². The average Bonchev–Trinajstić information content (AvgIpc) is 2.86. The number of guanidine groups is 1. The van der Waals surface area contributed by atoms with Gasteiger partial charge in [-0.05, 0) is 56.8 Å². The number of rotatable bonds is 5. The molecular weight excluding hydrogens is 442 g/mol. The molecule has 186 valence electrons. The Hall–Kier alpha value is -3.39. The summed E-state index contributed by atoms with van der Waals surface area (Å²) in [5, 5.41) is 2.84. The van der Waals surface area contributed by atoms with Crippen molar-refractivity contribution >= 4 is 17.6 Å². The van der Waals surface area contributed by atoms with E-state index in [0.29, 0.717) is 29.8 Å². The maximum absolute atomic E-state index is 12.7. The number of hydrogen-bond donors (Lipinski definition) is 1. The molecular formula is C27H35N5O3. The van der Waals surface area contributed by atoms with Gasteiger partial charge < -0.3 is 19.3 Å². The van der Waals surface area contributed by atoms with Crippen LogP contribution in [0.4, 0.5) is 0 Å². The minimum absolute atomic E-state index is 0.199. The highest BCUT2D eigenvalue weighted by Gasteiger charge is 2.36. The summed E-state index contributed by atoms with van der Waals surface area (Å²) in [6, 6.07) is 12.0. The number of benzene rings is 2. The van der Waals surface area contributed by atoms with Gasteiger partial charge in [0.1, 0.15) is 0 Å². The molecule has 2 heterocycles. The van der Waals surface area contributed by atoms with Crippen LogP contribution in [-0.4, -0.2) is 88.4 Å². The van der Waals surface area contributed by atoms with Crippen LogP contribution < -0.4 is 14.8 Å². The number of nitrogens with zero attached hydrogens (tertiary/aromatic N) is 4. The summed E-state index contributed by atoms with van der Waals surface area (Å²) in [7, 11) is 9.16. The molecule has 35 heavy (non-hydrogen) atoms. The lowest BCUT2D eigenvalue weighted by Crippen LogP contribution is -2.42. The Kier molecular flexibility index (Phi) is 7.40. The number of amides is 1. The van der Waals surface area contributed by atoms with Crippen molar-refractivity contribution in [2.45, 2.75) is 25.3 Å². The lowest BCUT2D eigenvalue weighted by molar-refractivity contribution is 0.0973. The number of fused-ring (bicyclic) bond motifs is 3. The van der Waals surface area contributed by atoms with E-state index in [0.717, 1.165) is 42.1 Å². The monoisotopic (exact) mass is 477 g/mol. The number of likely N-dealkylation sites (N-methyl/N-ethyl adjacent to an activating group) is 1. The quantitative estimate of drug-likeness (QED) is 0.529. The zero-order chi connectivity index (χ0) is 25.1. The van der Waals surface area contributed by atoms with Crippen molar-refractivity contribution in [3.05, 3.63) is 58.7 Å². The van der Waals surface area contributed by atoms with E-state index in [-0.39, 0.29) is 11.9 Å². The van der Waals surface area contributed by atoms with Crippen molar-refractivity contribution in [1.82, 2.24) is 15.1 Å². The van der Waals surface area contributed by atoms with Crippen molar-refractivity contribution in [3.8, 4) is 11.5 Å². The third kappa shape index (κ3) is 5.03. The highest BCUT2D eigenvalue weighted by Crippen LogP contribution is 2.42. The van der Waals surface area contributed by atoms with E-state index < -0.39 is 0 Å². The number of ether oxygens (including phenoxy) is 2. The van der Waals surface area contributed by atoms with Gasteiger partial charge in [-0.15, -0.1) is 0 Å². The molecule has 2 aromatic carbocycles. The van der Waals surface area contributed by atoms with E-state index in [1.165, 1.54) is 5.56 Å². The van der Waals surface area contributed by atoms with Crippen LogP contribution in [0.5, 0.6) is 11.5 Å². The predicted molar refractivity (Wildman–Crippen MR) is 139 cm³/mol. The topological polar surface area (TPSA) is 78.8 Å². The highest BCUT2D eigenvalue weighted by atomic mass is 16.5.